The van der Waals surface area contributed by atoms with Crippen molar-refractivity contribution in [2.75, 3.05) is 5.32 Å². The minimum absolute atomic E-state index is 0.165. The van der Waals surface area contributed by atoms with Crippen LogP contribution >= 0.6 is 11.8 Å². The van der Waals surface area contributed by atoms with E-state index in [0.717, 1.165) is 35.2 Å². The van der Waals surface area contributed by atoms with Crippen LogP contribution < -0.4 is 5.32 Å². The Balaban J connectivity index is 1.55. The number of carbonyl (C=O) groups is 1. The van der Waals surface area contributed by atoms with Gasteiger partial charge in [0.1, 0.15) is 5.82 Å². The Labute approximate surface area is 155 Å². The molecule has 1 amide bonds. The van der Waals surface area contributed by atoms with Crippen molar-refractivity contribution >= 4 is 23.6 Å². The number of carbonyl (C=O) groups excluding carboxylic acids is 1. The van der Waals surface area contributed by atoms with Crippen LogP contribution in [0.25, 0.3) is 5.69 Å². The van der Waals surface area contributed by atoms with E-state index in [1.807, 2.05) is 37.3 Å². The molecule has 1 N–H and O–H groups in total. The summed E-state index contributed by atoms with van der Waals surface area (Å²) in [6, 6.07) is 11.7. The first-order valence-corrected chi connectivity index (χ1v) is 9.41. The van der Waals surface area contributed by atoms with Gasteiger partial charge in [-0.25, -0.2) is 0 Å². The van der Waals surface area contributed by atoms with E-state index in [9.17, 15) is 4.79 Å². The maximum atomic E-state index is 12.4. The van der Waals surface area contributed by atoms with Crippen molar-refractivity contribution < 1.29 is 9.32 Å². The predicted molar refractivity (Wildman–Crippen MR) is 98.5 cm³/mol. The van der Waals surface area contributed by atoms with Crippen LogP contribution in [0.2, 0.25) is 0 Å². The highest BCUT2D eigenvalue weighted by molar-refractivity contribution is 8.00. The first-order valence-electron chi connectivity index (χ1n) is 8.53. The highest BCUT2D eigenvalue weighted by Gasteiger charge is 2.32. The fraction of sp³-hybridized carbons (Fsp3) is 0.333. The molecule has 0 spiro atoms. The number of benzene rings is 1. The van der Waals surface area contributed by atoms with Crippen LogP contribution in [0.1, 0.15) is 37.2 Å². The standard InChI is InChI=1S/C18H19N5O2S/c1-11-10-15(25-22-11)19-17(24)12(2)26-18-21-20-16(13-8-9-13)23(18)14-6-4-3-5-7-14/h3-7,10,12-13H,8-9H2,1-2H3,(H,19,24)/t12-/m0/s1. The van der Waals surface area contributed by atoms with E-state index >= 15 is 0 Å². The van der Waals surface area contributed by atoms with E-state index < -0.39 is 0 Å². The quantitative estimate of drug-likeness (QED) is 0.669. The Morgan fingerprint density at radius 2 is 2.08 bits per heavy atom. The lowest BCUT2D eigenvalue weighted by atomic mass is 10.3. The van der Waals surface area contributed by atoms with Gasteiger partial charge in [0.2, 0.25) is 11.8 Å². The maximum Gasteiger partial charge on any atom is 0.240 e. The van der Waals surface area contributed by atoms with Crippen molar-refractivity contribution in [3.8, 4) is 5.69 Å². The Kier molecular flexibility index (Phi) is 4.50. The number of nitrogens with zero attached hydrogens (tertiary/aromatic N) is 4. The van der Waals surface area contributed by atoms with E-state index in [1.165, 1.54) is 11.8 Å². The third kappa shape index (κ3) is 3.50. The predicted octanol–water partition coefficient (Wildman–Crippen LogP) is 3.56. The average Bonchev–Trinajstić information content (AvgIpc) is 3.28. The molecule has 26 heavy (non-hydrogen) atoms. The number of rotatable bonds is 6. The molecule has 7 nitrogen and oxygen atoms in total. The van der Waals surface area contributed by atoms with Gasteiger partial charge in [0.25, 0.3) is 0 Å². The second-order valence-electron chi connectivity index (χ2n) is 6.37. The van der Waals surface area contributed by atoms with Gasteiger partial charge in [-0.1, -0.05) is 35.1 Å². The zero-order chi connectivity index (χ0) is 18.1. The van der Waals surface area contributed by atoms with Crippen LogP contribution in [0.4, 0.5) is 5.88 Å². The Bertz CT molecular complexity index is 917. The summed E-state index contributed by atoms with van der Waals surface area (Å²) in [7, 11) is 0. The smallest absolute Gasteiger partial charge is 0.240 e. The molecule has 1 aliphatic rings. The van der Waals surface area contributed by atoms with E-state index in [0.29, 0.717) is 11.8 Å². The lowest BCUT2D eigenvalue weighted by Crippen LogP contribution is -2.22. The van der Waals surface area contributed by atoms with E-state index in [1.54, 1.807) is 13.0 Å². The topological polar surface area (TPSA) is 85.8 Å². The molecule has 134 valence electrons. The number of anilines is 1. The van der Waals surface area contributed by atoms with Gasteiger partial charge in [0.05, 0.1) is 10.9 Å². The lowest BCUT2D eigenvalue weighted by molar-refractivity contribution is -0.115. The van der Waals surface area contributed by atoms with Crippen molar-refractivity contribution in [1.29, 1.82) is 0 Å². The van der Waals surface area contributed by atoms with Gasteiger partial charge in [0.15, 0.2) is 5.16 Å². The summed E-state index contributed by atoms with van der Waals surface area (Å²) in [5.74, 6) is 1.61. The second-order valence-corrected chi connectivity index (χ2v) is 7.68. The lowest BCUT2D eigenvalue weighted by Gasteiger charge is -2.13. The summed E-state index contributed by atoms with van der Waals surface area (Å²) >= 11 is 1.38. The van der Waals surface area contributed by atoms with Gasteiger partial charge in [0, 0.05) is 17.7 Å². The SMILES string of the molecule is Cc1cc(NC(=O)[C@H](C)Sc2nnc(C3CC3)n2-c2ccccc2)on1. The normalized spacial score (nSPS) is 15.0. The van der Waals surface area contributed by atoms with Gasteiger partial charge in [-0.2, -0.15) is 0 Å². The molecule has 0 saturated heterocycles. The van der Waals surface area contributed by atoms with Crippen molar-refractivity contribution in [1.82, 2.24) is 19.9 Å². The fourth-order valence-electron chi connectivity index (χ4n) is 2.64. The second kappa shape index (κ2) is 6.95. The summed E-state index contributed by atoms with van der Waals surface area (Å²) in [6.45, 7) is 3.64. The van der Waals surface area contributed by atoms with Gasteiger partial charge < -0.3 is 4.52 Å². The molecule has 2 heterocycles. The number of para-hydroxylation sites is 1. The average molecular weight is 369 g/mol. The first kappa shape index (κ1) is 16.8. The van der Waals surface area contributed by atoms with Crippen molar-refractivity contribution in [2.24, 2.45) is 0 Å². The third-order valence-corrected chi connectivity index (χ3v) is 5.18. The number of amides is 1. The van der Waals surface area contributed by atoms with E-state index in [4.69, 9.17) is 4.52 Å². The summed E-state index contributed by atoms with van der Waals surface area (Å²) in [5, 5.41) is 15.6. The molecule has 2 aromatic heterocycles. The first-order chi connectivity index (χ1) is 12.6. The van der Waals surface area contributed by atoms with Crippen molar-refractivity contribution in [3.63, 3.8) is 0 Å². The van der Waals surface area contributed by atoms with Gasteiger partial charge in [-0.05, 0) is 38.8 Å². The number of aromatic nitrogens is 4. The Hall–Kier alpha value is -2.61. The van der Waals surface area contributed by atoms with Crippen molar-refractivity contribution in [3.05, 3.63) is 47.9 Å². The number of hydrogen-bond donors (Lipinski definition) is 1. The summed E-state index contributed by atoms with van der Waals surface area (Å²) in [5.41, 5.74) is 1.74. The molecule has 3 aromatic rings. The highest BCUT2D eigenvalue weighted by Crippen LogP contribution is 2.41. The Morgan fingerprint density at radius 3 is 2.73 bits per heavy atom. The summed E-state index contributed by atoms with van der Waals surface area (Å²) < 4.78 is 7.11. The minimum Gasteiger partial charge on any atom is -0.338 e. The molecule has 1 atom stereocenters. The molecule has 0 unspecified atom stereocenters. The number of hydrogen-bond acceptors (Lipinski definition) is 6. The monoisotopic (exact) mass is 369 g/mol. The van der Waals surface area contributed by atoms with Gasteiger partial charge in [-0.3, -0.25) is 14.7 Å². The molecule has 1 aliphatic carbocycles. The summed E-state index contributed by atoms with van der Waals surface area (Å²) in [6.07, 6.45) is 2.27. The molecule has 4 rings (SSSR count). The molecule has 1 aromatic carbocycles. The molecule has 0 aliphatic heterocycles. The minimum atomic E-state index is -0.362. The van der Waals surface area contributed by atoms with Crippen LogP contribution in [-0.2, 0) is 4.79 Å². The molecular formula is C18H19N5O2S. The maximum absolute atomic E-state index is 12.4. The molecule has 8 heteroatoms. The molecule has 0 radical (unpaired) electrons. The molecular weight excluding hydrogens is 350 g/mol. The van der Waals surface area contributed by atoms with E-state index in [2.05, 4.69) is 25.2 Å². The largest absolute Gasteiger partial charge is 0.338 e. The van der Waals surface area contributed by atoms with Gasteiger partial charge >= 0.3 is 0 Å². The van der Waals surface area contributed by atoms with Gasteiger partial charge in [-0.15, -0.1) is 10.2 Å². The third-order valence-electron chi connectivity index (χ3n) is 4.14. The highest BCUT2D eigenvalue weighted by atomic mass is 32.2. The van der Waals surface area contributed by atoms with Crippen LogP contribution in [0.3, 0.4) is 0 Å². The van der Waals surface area contributed by atoms with Crippen LogP contribution in [0.15, 0.2) is 46.1 Å². The van der Waals surface area contributed by atoms with Crippen LogP contribution in [0, 0.1) is 6.92 Å². The van der Waals surface area contributed by atoms with Crippen molar-refractivity contribution in [2.45, 2.75) is 43.0 Å². The molecule has 1 fully saturated rings. The zero-order valence-electron chi connectivity index (χ0n) is 14.5. The van der Waals surface area contributed by atoms with Crippen LogP contribution in [0.5, 0.6) is 0 Å². The fourth-order valence-corrected chi connectivity index (χ4v) is 3.51. The van der Waals surface area contributed by atoms with E-state index in [-0.39, 0.29) is 11.2 Å². The molecule has 1 saturated carbocycles. The number of nitrogens with one attached hydrogen (secondary N) is 1. The molecule has 0 bridgehead atoms. The Morgan fingerprint density at radius 1 is 1.31 bits per heavy atom. The zero-order valence-corrected chi connectivity index (χ0v) is 15.4. The van der Waals surface area contributed by atoms with Crippen LogP contribution in [-0.4, -0.2) is 31.1 Å². The number of aryl methyl sites for hydroxylation is 1. The number of thioether (sulfide) groups is 1. The summed E-state index contributed by atoms with van der Waals surface area (Å²) in [4.78, 5) is 12.4.